The van der Waals surface area contributed by atoms with Crippen molar-refractivity contribution in [2.45, 2.75) is 33.6 Å². The number of hydrogen-bond acceptors (Lipinski definition) is 4. The summed E-state index contributed by atoms with van der Waals surface area (Å²) in [6.45, 7) is 5.92. The van der Waals surface area contributed by atoms with Crippen molar-refractivity contribution >= 4 is 11.6 Å². The molecule has 0 N–H and O–H groups in total. The highest BCUT2D eigenvalue weighted by Gasteiger charge is 2.13. The monoisotopic (exact) mass is 280 g/mol. The van der Waals surface area contributed by atoms with E-state index in [-0.39, 0.29) is 0 Å². The highest BCUT2D eigenvalue weighted by molar-refractivity contribution is 6.29. The van der Waals surface area contributed by atoms with Crippen LogP contribution in [0, 0.1) is 13.8 Å². The molecule has 0 aliphatic rings. The third kappa shape index (κ3) is 3.04. The molecule has 5 nitrogen and oxygen atoms in total. The van der Waals surface area contributed by atoms with Gasteiger partial charge in [-0.3, -0.25) is 4.68 Å². The molecule has 0 atom stereocenters. The van der Waals surface area contributed by atoms with Gasteiger partial charge in [0.15, 0.2) is 5.75 Å². The van der Waals surface area contributed by atoms with Gasteiger partial charge in [0.05, 0.1) is 5.69 Å². The molecule has 0 aromatic carbocycles. The molecule has 0 aliphatic carbocycles. The van der Waals surface area contributed by atoms with Gasteiger partial charge in [-0.2, -0.15) is 10.1 Å². The van der Waals surface area contributed by atoms with E-state index >= 15 is 0 Å². The van der Waals surface area contributed by atoms with Gasteiger partial charge in [-0.05, 0) is 20.3 Å². The molecule has 2 rings (SSSR count). The van der Waals surface area contributed by atoms with Crippen molar-refractivity contribution in [2.24, 2.45) is 7.05 Å². The minimum Gasteiger partial charge on any atom is -0.435 e. The molecular formula is C13H17ClN4O. The molecule has 0 aliphatic heterocycles. The second-order valence-electron chi connectivity index (χ2n) is 4.42. The lowest BCUT2D eigenvalue weighted by Gasteiger charge is -2.07. The maximum Gasteiger partial charge on any atom is 0.224 e. The summed E-state index contributed by atoms with van der Waals surface area (Å²) in [5.74, 6) is 1.88. The Hall–Kier alpha value is -1.62. The molecule has 19 heavy (non-hydrogen) atoms. The van der Waals surface area contributed by atoms with Crippen LogP contribution in [0.2, 0.25) is 5.15 Å². The molecular weight excluding hydrogens is 264 g/mol. The van der Waals surface area contributed by atoms with Crippen LogP contribution in [0.1, 0.15) is 30.6 Å². The fraction of sp³-hybridized carbons (Fsp3) is 0.462. The average Bonchev–Trinajstić information content (AvgIpc) is 2.56. The highest BCUT2D eigenvalue weighted by Crippen LogP contribution is 2.27. The highest BCUT2D eigenvalue weighted by atomic mass is 35.5. The number of ether oxygens (including phenoxy) is 1. The van der Waals surface area contributed by atoms with E-state index in [9.17, 15) is 0 Å². The molecule has 0 bridgehead atoms. The first kappa shape index (κ1) is 13.8. The topological polar surface area (TPSA) is 52.8 Å². The van der Waals surface area contributed by atoms with Crippen molar-refractivity contribution in [2.75, 3.05) is 0 Å². The zero-order chi connectivity index (χ0) is 14.0. The van der Waals surface area contributed by atoms with Crippen molar-refractivity contribution in [1.29, 1.82) is 0 Å². The fourth-order valence-electron chi connectivity index (χ4n) is 1.84. The van der Waals surface area contributed by atoms with Gasteiger partial charge >= 0.3 is 0 Å². The lowest BCUT2D eigenvalue weighted by atomic mass is 10.3. The summed E-state index contributed by atoms with van der Waals surface area (Å²) in [5.41, 5.74) is 1.77. The van der Waals surface area contributed by atoms with Gasteiger partial charge in [0.25, 0.3) is 0 Å². The number of rotatable bonds is 4. The maximum absolute atomic E-state index is 5.98. The van der Waals surface area contributed by atoms with Crippen molar-refractivity contribution in [1.82, 2.24) is 19.7 Å². The number of hydrogen-bond donors (Lipinski definition) is 0. The van der Waals surface area contributed by atoms with Crippen LogP contribution in [0.25, 0.3) is 0 Å². The summed E-state index contributed by atoms with van der Waals surface area (Å²) in [5, 5.41) is 4.70. The Labute approximate surface area is 117 Å². The van der Waals surface area contributed by atoms with Crippen molar-refractivity contribution in [3.05, 3.63) is 28.4 Å². The molecule has 0 spiro atoms. The van der Waals surface area contributed by atoms with Crippen LogP contribution in [0.4, 0.5) is 0 Å². The van der Waals surface area contributed by atoms with Crippen LogP contribution in [-0.4, -0.2) is 19.7 Å². The Morgan fingerprint density at radius 2 is 2.05 bits per heavy atom. The van der Waals surface area contributed by atoms with Crippen LogP contribution >= 0.6 is 11.6 Å². The van der Waals surface area contributed by atoms with Gasteiger partial charge in [0.1, 0.15) is 16.7 Å². The van der Waals surface area contributed by atoms with E-state index in [4.69, 9.17) is 16.3 Å². The number of halogens is 1. The zero-order valence-corrected chi connectivity index (χ0v) is 12.3. The van der Waals surface area contributed by atoms with Crippen molar-refractivity contribution < 1.29 is 4.74 Å². The van der Waals surface area contributed by atoms with Gasteiger partial charge in [-0.1, -0.05) is 18.5 Å². The summed E-state index contributed by atoms with van der Waals surface area (Å²) in [7, 11) is 1.88. The molecule has 0 radical (unpaired) electrons. The molecule has 102 valence electrons. The van der Waals surface area contributed by atoms with Crippen molar-refractivity contribution in [3.63, 3.8) is 0 Å². The molecule has 0 amide bonds. The third-order valence-corrected chi connectivity index (χ3v) is 3.03. The number of nitrogens with zero attached hydrogens (tertiary/aromatic N) is 4. The number of aryl methyl sites for hydroxylation is 3. The molecule has 6 heteroatoms. The first-order valence-corrected chi connectivity index (χ1v) is 6.60. The predicted octanol–water partition coefficient (Wildman–Crippen LogP) is 3.23. The smallest absolute Gasteiger partial charge is 0.224 e. The Morgan fingerprint density at radius 3 is 2.63 bits per heavy atom. The van der Waals surface area contributed by atoms with E-state index in [1.807, 2.05) is 20.9 Å². The van der Waals surface area contributed by atoms with Gasteiger partial charge in [0, 0.05) is 19.5 Å². The maximum atomic E-state index is 5.98. The van der Waals surface area contributed by atoms with Crippen LogP contribution in [0.3, 0.4) is 0 Å². The second-order valence-corrected chi connectivity index (χ2v) is 4.81. The zero-order valence-electron chi connectivity index (χ0n) is 11.6. The largest absolute Gasteiger partial charge is 0.435 e. The lowest BCUT2D eigenvalue weighted by Crippen LogP contribution is -1.98. The Balaban J connectivity index is 2.32. The van der Waals surface area contributed by atoms with Gasteiger partial charge in [-0.25, -0.2) is 4.98 Å². The average molecular weight is 281 g/mol. The second kappa shape index (κ2) is 5.57. The van der Waals surface area contributed by atoms with E-state index in [0.717, 1.165) is 30.0 Å². The summed E-state index contributed by atoms with van der Waals surface area (Å²) >= 11 is 5.98. The summed E-state index contributed by atoms with van der Waals surface area (Å²) in [6, 6.07) is 1.62. The summed E-state index contributed by atoms with van der Waals surface area (Å²) < 4.78 is 7.59. The minimum absolute atomic E-state index is 0.396. The van der Waals surface area contributed by atoms with E-state index in [2.05, 4.69) is 22.0 Å². The van der Waals surface area contributed by atoms with E-state index in [0.29, 0.717) is 16.9 Å². The fourth-order valence-corrected chi connectivity index (χ4v) is 2.03. The first-order valence-electron chi connectivity index (χ1n) is 6.22. The third-order valence-electron chi connectivity index (χ3n) is 2.84. The number of aromatic nitrogens is 4. The van der Waals surface area contributed by atoms with Crippen LogP contribution in [0.15, 0.2) is 6.07 Å². The van der Waals surface area contributed by atoms with E-state index in [1.54, 1.807) is 10.7 Å². The molecule has 0 saturated heterocycles. The van der Waals surface area contributed by atoms with Crippen LogP contribution in [-0.2, 0) is 13.5 Å². The van der Waals surface area contributed by atoms with Gasteiger partial charge in [0.2, 0.25) is 5.88 Å². The standard InChI is InChI=1S/C13H17ClN4O/c1-5-6-11-15-10(14)7-12(16-11)19-13-8(2)17-18(4)9(13)3/h7H,5-6H2,1-4H3. The van der Waals surface area contributed by atoms with E-state index < -0.39 is 0 Å². The van der Waals surface area contributed by atoms with Crippen LogP contribution in [0.5, 0.6) is 11.6 Å². The van der Waals surface area contributed by atoms with Gasteiger partial charge < -0.3 is 4.74 Å². The molecule has 2 aromatic heterocycles. The normalized spacial score (nSPS) is 10.8. The SMILES string of the molecule is CCCc1nc(Cl)cc(Oc2c(C)nn(C)c2C)n1. The lowest BCUT2D eigenvalue weighted by molar-refractivity contribution is 0.451. The minimum atomic E-state index is 0.396. The Bertz CT molecular complexity index is 595. The molecule has 2 heterocycles. The van der Waals surface area contributed by atoms with Crippen molar-refractivity contribution in [3.8, 4) is 11.6 Å². The summed E-state index contributed by atoms with van der Waals surface area (Å²) in [6.07, 6.45) is 1.74. The van der Waals surface area contributed by atoms with Gasteiger partial charge in [-0.15, -0.1) is 0 Å². The van der Waals surface area contributed by atoms with Crippen LogP contribution < -0.4 is 4.74 Å². The van der Waals surface area contributed by atoms with E-state index in [1.165, 1.54) is 0 Å². The molecule has 2 aromatic rings. The molecule has 0 fully saturated rings. The Kier molecular flexibility index (Phi) is 4.04. The molecule has 0 saturated carbocycles. The Morgan fingerprint density at radius 1 is 1.32 bits per heavy atom. The molecule has 0 unspecified atom stereocenters. The quantitative estimate of drug-likeness (QED) is 0.807. The summed E-state index contributed by atoms with van der Waals surface area (Å²) in [4.78, 5) is 8.52. The predicted molar refractivity (Wildman–Crippen MR) is 73.8 cm³/mol. The first-order chi connectivity index (χ1) is 9.01.